The molecule has 154 valence electrons. The van der Waals surface area contributed by atoms with Crippen molar-refractivity contribution in [3.63, 3.8) is 0 Å². The van der Waals surface area contributed by atoms with Crippen molar-refractivity contribution in [2.45, 2.75) is 13.5 Å². The average Bonchev–Trinajstić information content (AvgIpc) is 3.32. The van der Waals surface area contributed by atoms with E-state index >= 15 is 0 Å². The summed E-state index contributed by atoms with van der Waals surface area (Å²) in [6, 6.07) is 19.4. The zero-order valence-electron chi connectivity index (χ0n) is 16.9. The number of nitrogens with zero attached hydrogens (tertiary/aromatic N) is 2. The lowest BCUT2D eigenvalue weighted by molar-refractivity contribution is 0.103. The molecule has 6 nitrogen and oxygen atoms in total. The Morgan fingerprint density at radius 1 is 1.10 bits per heavy atom. The molecule has 0 aliphatic heterocycles. The van der Waals surface area contributed by atoms with Crippen LogP contribution in [0.4, 0.5) is 5.69 Å². The third-order valence-corrected chi connectivity index (χ3v) is 5.82. The summed E-state index contributed by atoms with van der Waals surface area (Å²) in [5.74, 6) is 0.610. The van der Waals surface area contributed by atoms with Crippen LogP contribution in [0.1, 0.15) is 20.9 Å². The lowest BCUT2D eigenvalue weighted by Crippen LogP contribution is -2.10. The molecule has 2 heterocycles. The van der Waals surface area contributed by atoms with Crippen LogP contribution < -0.4 is 10.1 Å². The molecule has 0 aliphatic carbocycles. The minimum absolute atomic E-state index is 0.130. The van der Waals surface area contributed by atoms with E-state index in [0.717, 1.165) is 27.3 Å². The second kappa shape index (κ2) is 9.11. The Morgan fingerprint density at radius 2 is 1.87 bits per heavy atom. The molecule has 0 unspecified atom stereocenters. The van der Waals surface area contributed by atoms with Gasteiger partial charge in [-0.3, -0.25) is 9.48 Å². The van der Waals surface area contributed by atoms with Gasteiger partial charge in [0.05, 0.1) is 23.7 Å². The number of carbonyl (C=O) groups is 1. The van der Waals surface area contributed by atoms with Crippen molar-refractivity contribution in [1.82, 2.24) is 9.78 Å². The van der Waals surface area contributed by atoms with E-state index in [1.807, 2.05) is 60.1 Å². The topological polar surface area (TPSA) is 65.4 Å². The summed E-state index contributed by atoms with van der Waals surface area (Å²) < 4.78 is 12.5. The number of methoxy groups -OCH3 is 1. The highest BCUT2D eigenvalue weighted by atomic mass is 32.1. The van der Waals surface area contributed by atoms with Gasteiger partial charge in [0, 0.05) is 18.2 Å². The number of rotatable bonds is 8. The number of ether oxygens (including phenoxy) is 2. The number of aryl methyl sites for hydroxylation is 1. The number of amides is 1. The summed E-state index contributed by atoms with van der Waals surface area (Å²) in [4.78, 5) is 14.4. The fourth-order valence-electron chi connectivity index (χ4n) is 3.16. The van der Waals surface area contributed by atoms with Gasteiger partial charge in [-0.25, -0.2) is 0 Å². The third-order valence-electron chi connectivity index (χ3n) is 4.67. The van der Waals surface area contributed by atoms with Crippen molar-refractivity contribution < 1.29 is 14.3 Å². The molecule has 1 amide bonds. The van der Waals surface area contributed by atoms with Gasteiger partial charge in [0.2, 0.25) is 0 Å². The van der Waals surface area contributed by atoms with Gasteiger partial charge >= 0.3 is 0 Å². The molecule has 2 aromatic carbocycles. The minimum Gasteiger partial charge on any atom is -0.491 e. The number of anilines is 1. The van der Waals surface area contributed by atoms with E-state index in [0.29, 0.717) is 24.6 Å². The molecule has 4 aromatic rings. The van der Waals surface area contributed by atoms with Crippen LogP contribution in [0, 0.1) is 6.92 Å². The monoisotopic (exact) mass is 421 g/mol. The largest absolute Gasteiger partial charge is 0.491 e. The number of fused-ring (bicyclic) bond motifs is 1. The van der Waals surface area contributed by atoms with E-state index < -0.39 is 0 Å². The van der Waals surface area contributed by atoms with E-state index in [1.54, 1.807) is 7.11 Å². The molecular formula is C23H23N3O3S. The van der Waals surface area contributed by atoms with Crippen LogP contribution in [-0.4, -0.2) is 36.0 Å². The number of aromatic nitrogens is 2. The first-order chi connectivity index (χ1) is 14.6. The summed E-state index contributed by atoms with van der Waals surface area (Å²) >= 11 is 1.46. The number of benzene rings is 2. The predicted molar refractivity (Wildman–Crippen MR) is 120 cm³/mol. The van der Waals surface area contributed by atoms with Crippen LogP contribution >= 0.6 is 11.3 Å². The highest BCUT2D eigenvalue weighted by molar-refractivity contribution is 7.20. The second-order valence-corrected chi connectivity index (χ2v) is 7.91. The molecule has 0 fully saturated rings. The Hall–Kier alpha value is -3.16. The van der Waals surface area contributed by atoms with Gasteiger partial charge in [0.15, 0.2) is 0 Å². The summed E-state index contributed by atoms with van der Waals surface area (Å²) in [7, 11) is 1.64. The van der Waals surface area contributed by atoms with Crippen LogP contribution in [0.3, 0.4) is 0 Å². The normalized spacial score (nSPS) is 11.0. The first kappa shape index (κ1) is 20.1. The molecule has 2 aromatic heterocycles. The molecule has 30 heavy (non-hydrogen) atoms. The second-order valence-electron chi connectivity index (χ2n) is 6.88. The molecule has 0 saturated carbocycles. The molecule has 1 N–H and O–H groups in total. The van der Waals surface area contributed by atoms with Gasteiger partial charge in [0.1, 0.15) is 17.2 Å². The Bertz CT molecular complexity index is 1130. The zero-order valence-corrected chi connectivity index (χ0v) is 17.7. The van der Waals surface area contributed by atoms with E-state index in [4.69, 9.17) is 9.47 Å². The van der Waals surface area contributed by atoms with Crippen LogP contribution in [-0.2, 0) is 11.3 Å². The summed E-state index contributed by atoms with van der Waals surface area (Å²) in [5, 5.41) is 8.61. The number of thiophene rings is 1. The van der Waals surface area contributed by atoms with Crippen molar-refractivity contribution in [1.29, 1.82) is 0 Å². The smallest absolute Gasteiger partial charge is 0.265 e. The SMILES string of the molecule is COCCOc1ccc(NC(=O)c2cc3c(C)nn(Cc4ccccc4)c3s2)cc1. The van der Waals surface area contributed by atoms with Crippen LogP contribution in [0.2, 0.25) is 0 Å². The number of hydrogen-bond donors (Lipinski definition) is 1. The predicted octanol–water partition coefficient (Wildman–Crippen LogP) is 4.73. The first-order valence-corrected chi connectivity index (χ1v) is 10.5. The quantitative estimate of drug-likeness (QED) is 0.418. The molecule has 0 aliphatic rings. The molecule has 0 spiro atoms. The van der Waals surface area contributed by atoms with Crippen molar-refractivity contribution in [3.05, 3.63) is 76.8 Å². The zero-order chi connectivity index (χ0) is 20.9. The third kappa shape index (κ3) is 4.53. The maximum atomic E-state index is 12.8. The van der Waals surface area contributed by atoms with Crippen molar-refractivity contribution in [2.24, 2.45) is 0 Å². The van der Waals surface area contributed by atoms with Gasteiger partial charge in [-0.1, -0.05) is 30.3 Å². The van der Waals surface area contributed by atoms with E-state index in [-0.39, 0.29) is 5.91 Å². The molecule has 4 rings (SSSR count). The fraction of sp³-hybridized carbons (Fsp3) is 0.217. The van der Waals surface area contributed by atoms with Crippen LogP contribution in [0.5, 0.6) is 5.75 Å². The van der Waals surface area contributed by atoms with Crippen molar-refractivity contribution >= 4 is 33.1 Å². The Balaban J connectivity index is 1.48. The first-order valence-electron chi connectivity index (χ1n) is 9.68. The number of nitrogens with one attached hydrogen (secondary N) is 1. The van der Waals surface area contributed by atoms with E-state index in [9.17, 15) is 4.79 Å². The Labute approximate surface area is 179 Å². The Morgan fingerprint density at radius 3 is 2.60 bits per heavy atom. The molecule has 0 radical (unpaired) electrons. The molecule has 0 bridgehead atoms. The van der Waals surface area contributed by atoms with E-state index in [2.05, 4.69) is 22.5 Å². The number of carbonyl (C=O) groups excluding carboxylic acids is 1. The van der Waals surface area contributed by atoms with Gasteiger partial charge in [0.25, 0.3) is 5.91 Å². The molecular weight excluding hydrogens is 398 g/mol. The highest BCUT2D eigenvalue weighted by Gasteiger charge is 2.16. The fourth-order valence-corrected chi connectivity index (χ4v) is 4.21. The lowest BCUT2D eigenvalue weighted by atomic mass is 10.2. The maximum absolute atomic E-state index is 12.8. The summed E-state index contributed by atoms with van der Waals surface area (Å²) in [6.07, 6.45) is 0. The number of hydrogen-bond acceptors (Lipinski definition) is 5. The van der Waals surface area contributed by atoms with Crippen LogP contribution in [0.25, 0.3) is 10.2 Å². The van der Waals surface area contributed by atoms with Gasteiger partial charge in [-0.15, -0.1) is 11.3 Å². The Kier molecular flexibility index (Phi) is 6.11. The van der Waals surface area contributed by atoms with Gasteiger partial charge in [-0.2, -0.15) is 5.10 Å². The van der Waals surface area contributed by atoms with Crippen molar-refractivity contribution in [3.8, 4) is 5.75 Å². The van der Waals surface area contributed by atoms with Gasteiger partial charge in [-0.05, 0) is 42.8 Å². The molecule has 7 heteroatoms. The molecule has 0 atom stereocenters. The highest BCUT2D eigenvalue weighted by Crippen LogP contribution is 2.29. The molecule has 0 saturated heterocycles. The van der Waals surface area contributed by atoms with Crippen LogP contribution in [0.15, 0.2) is 60.7 Å². The average molecular weight is 422 g/mol. The summed E-state index contributed by atoms with van der Waals surface area (Å²) in [5.41, 5.74) is 2.82. The standard InChI is InChI=1S/C23H23N3O3S/c1-16-20-14-21(30-23(20)26(25-16)15-17-6-4-3-5-7-17)22(27)24-18-8-10-19(11-9-18)29-13-12-28-2/h3-11,14H,12-13,15H2,1-2H3,(H,24,27). The van der Waals surface area contributed by atoms with Gasteiger partial charge < -0.3 is 14.8 Å². The summed E-state index contributed by atoms with van der Waals surface area (Å²) in [6.45, 7) is 3.67. The maximum Gasteiger partial charge on any atom is 0.265 e. The minimum atomic E-state index is -0.130. The van der Waals surface area contributed by atoms with Crippen molar-refractivity contribution in [2.75, 3.05) is 25.6 Å². The van der Waals surface area contributed by atoms with E-state index in [1.165, 1.54) is 16.9 Å². The lowest BCUT2D eigenvalue weighted by Gasteiger charge is -2.07.